The zero-order chi connectivity index (χ0) is 19.3. The molecule has 9 nitrogen and oxygen atoms in total. The number of hydrogen-bond donors (Lipinski definition) is 2. The Balaban J connectivity index is 1.33. The van der Waals surface area contributed by atoms with Crippen molar-refractivity contribution in [3.8, 4) is 5.69 Å². The maximum absolute atomic E-state index is 12.1. The molecule has 0 unspecified atom stereocenters. The minimum atomic E-state index is -0.487. The number of carbonyl (C=O) groups is 2. The Morgan fingerprint density at radius 3 is 2.61 bits per heavy atom. The van der Waals surface area contributed by atoms with Crippen LogP contribution in [0.5, 0.6) is 0 Å². The van der Waals surface area contributed by atoms with Gasteiger partial charge in [-0.1, -0.05) is 18.2 Å². The number of rotatable bonds is 4. The molecule has 2 heterocycles. The van der Waals surface area contributed by atoms with Gasteiger partial charge in [-0.2, -0.15) is 0 Å². The molecule has 138 valence electrons. The Labute approximate surface area is 158 Å². The van der Waals surface area contributed by atoms with Gasteiger partial charge < -0.3 is 4.42 Å². The summed E-state index contributed by atoms with van der Waals surface area (Å²) in [5.41, 5.74) is 6.49. The third kappa shape index (κ3) is 3.78. The van der Waals surface area contributed by atoms with E-state index in [1.165, 1.54) is 23.2 Å². The number of hydrazine groups is 1. The summed E-state index contributed by atoms with van der Waals surface area (Å²) >= 11 is 0. The molecule has 4 aromatic rings. The Kier molecular flexibility index (Phi) is 4.62. The smallest absolute Gasteiger partial charge is 0.269 e. The van der Waals surface area contributed by atoms with Gasteiger partial charge in [-0.05, 0) is 52.9 Å². The number of carbonyl (C=O) groups excluding carboxylic acids is 2. The van der Waals surface area contributed by atoms with Gasteiger partial charge in [0, 0.05) is 17.0 Å². The summed E-state index contributed by atoms with van der Waals surface area (Å²) in [4.78, 5) is 24.0. The topological polar surface area (TPSA) is 115 Å². The number of amides is 2. The number of furan rings is 1. The van der Waals surface area contributed by atoms with Crippen molar-refractivity contribution in [3.63, 3.8) is 0 Å². The molecule has 0 saturated heterocycles. The van der Waals surface area contributed by atoms with Gasteiger partial charge in [-0.25, -0.2) is 4.68 Å². The minimum absolute atomic E-state index is 0.374. The van der Waals surface area contributed by atoms with Gasteiger partial charge in [0.25, 0.3) is 11.8 Å². The molecule has 2 aromatic carbocycles. The Hall–Kier alpha value is -4.27. The monoisotopic (exact) mass is 374 g/mol. The first-order valence-electron chi connectivity index (χ1n) is 8.29. The SMILES string of the molecule is O=C(/C=C/c1cc2ccccc2o1)NNC(=O)c1ccc(-n2cnnn2)cc1. The van der Waals surface area contributed by atoms with E-state index >= 15 is 0 Å². The van der Waals surface area contributed by atoms with Crippen molar-refractivity contribution in [1.29, 1.82) is 0 Å². The number of nitrogens with one attached hydrogen (secondary N) is 2. The number of fused-ring (bicyclic) bond motifs is 1. The van der Waals surface area contributed by atoms with Crippen LogP contribution < -0.4 is 10.9 Å². The van der Waals surface area contributed by atoms with Crippen LogP contribution in [0, 0.1) is 0 Å². The first-order valence-corrected chi connectivity index (χ1v) is 8.29. The lowest BCUT2D eigenvalue weighted by molar-refractivity contribution is -0.117. The lowest BCUT2D eigenvalue weighted by atomic mass is 10.2. The number of nitrogens with zero attached hydrogens (tertiary/aromatic N) is 4. The third-order valence-electron chi connectivity index (χ3n) is 3.89. The lowest BCUT2D eigenvalue weighted by Gasteiger charge is -2.06. The fourth-order valence-corrected chi connectivity index (χ4v) is 2.52. The van der Waals surface area contributed by atoms with Crippen molar-refractivity contribution in [3.05, 3.63) is 78.3 Å². The molecule has 0 aliphatic carbocycles. The predicted octanol–water partition coefficient (Wildman–Crippen LogP) is 1.88. The van der Waals surface area contributed by atoms with Crippen molar-refractivity contribution < 1.29 is 14.0 Å². The van der Waals surface area contributed by atoms with Crippen molar-refractivity contribution in [1.82, 2.24) is 31.1 Å². The maximum Gasteiger partial charge on any atom is 0.269 e. The van der Waals surface area contributed by atoms with Gasteiger partial charge in [0.05, 0.1) is 5.69 Å². The highest BCUT2D eigenvalue weighted by atomic mass is 16.3. The van der Waals surface area contributed by atoms with Gasteiger partial charge in [-0.3, -0.25) is 20.4 Å². The average Bonchev–Trinajstić information content (AvgIpc) is 3.40. The summed E-state index contributed by atoms with van der Waals surface area (Å²) < 4.78 is 7.05. The zero-order valence-electron chi connectivity index (χ0n) is 14.4. The van der Waals surface area contributed by atoms with Crippen LogP contribution in [0.3, 0.4) is 0 Å². The fourth-order valence-electron chi connectivity index (χ4n) is 2.52. The Morgan fingerprint density at radius 1 is 1.04 bits per heavy atom. The Morgan fingerprint density at radius 2 is 1.86 bits per heavy atom. The highest BCUT2D eigenvalue weighted by molar-refractivity contribution is 5.98. The second kappa shape index (κ2) is 7.54. The Bertz CT molecular complexity index is 1110. The van der Waals surface area contributed by atoms with Crippen molar-refractivity contribution in [2.45, 2.75) is 0 Å². The van der Waals surface area contributed by atoms with Crippen LogP contribution in [0.15, 0.2) is 71.4 Å². The summed E-state index contributed by atoms with van der Waals surface area (Å²) in [6.45, 7) is 0. The average molecular weight is 374 g/mol. The molecule has 9 heteroatoms. The second-order valence-corrected chi connectivity index (χ2v) is 5.76. The highest BCUT2D eigenvalue weighted by Crippen LogP contribution is 2.19. The van der Waals surface area contributed by atoms with E-state index in [2.05, 4.69) is 26.4 Å². The van der Waals surface area contributed by atoms with E-state index in [0.717, 1.165) is 11.0 Å². The van der Waals surface area contributed by atoms with E-state index in [1.54, 1.807) is 24.3 Å². The van der Waals surface area contributed by atoms with Crippen LogP contribution in [-0.4, -0.2) is 32.0 Å². The molecule has 28 heavy (non-hydrogen) atoms. The molecule has 2 aromatic heterocycles. The normalized spacial score (nSPS) is 11.0. The number of benzene rings is 2. The molecule has 0 bridgehead atoms. The van der Waals surface area contributed by atoms with Gasteiger partial charge in [0.1, 0.15) is 17.7 Å². The molecule has 0 fully saturated rings. The number of para-hydroxylation sites is 1. The van der Waals surface area contributed by atoms with E-state index in [9.17, 15) is 9.59 Å². The molecular weight excluding hydrogens is 360 g/mol. The van der Waals surface area contributed by atoms with Crippen LogP contribution in [0.1, 0.15) is 16.1 Å². The first kappa shape index (κ1) is 17.2. The largest absolute Gasteiger partial charge is 0.457 e. The standard InChI is InChI=1S/C19H14N6O3/c26-18(10-9-16-11-14-3-1-2-4-17(14)28-16)21-22-19(27)13-5-7-15(8-6-13)25-12-20-23-24-25/h1-12H,(H,21,26)(H,22,27)/b10-9+. The molecule has 0 atom stereocenters. The molecular formula is C19H14N6O3. The first-order chi connectivity index (χ1) is 13.7. The van der Waals surface area contributed by atoms with Gasteiger partial charge in [-0.15, -0.1) is 5.10 Å². The predicted molar refractivity (Wildman–Crippen MR) is 100 cm³/mol. The number of tetrazole rings is 1. The fraction of sp³-hybridized carbons (Fsp3) is 0. The van der Waals surface area contributed by atoms with Crippen LogP contribution in [0.4, 0.5) is 0 Å². The quantitative estimate of drug-likeness (QED) is 0.416. The van der Waals surface area contributed by atoms with E-state index < -0.39 is 11.8 Å². The third-order valence-corrected chi connectivity index (χ3v) is 3.89. The minimum Gasteiger partial charge on any atom is -0.457 e. The number of aromatic nitrogens is 4. The molecule has 0 aliphatic rings. The van der Waals surface area contributed by atoms with Crippen molar-refractivity contribution in [2.24, 2.45) is 0 Å². The van der Waals surface area contributed by atoms with Crippen LogP contribution in [0.2, 0.25) is 0 Å². The van der Waals surface area contributed by atoms with Gasteiger partial charge in [0.15, 0.2) is 0 Å². The van der Waals surface area contributed by atoms with E-state index in [-0.39, 0.29) is 0 Å². The summed E-state index contributed by atoms with van der Waals surface area (Å²) in [5, 5.41) is 11.8. The van der Waals surface area contributed by atoms with Crippen LogP contribution in [-0.2, 0) is 4.79 Å². The molecule has 2 N–H and O–H groups in total. The molecule has 4 rings (SSSR count). The highest BCUT2D eigenvalue weighted by Gasteiger charge is 2.07. The van der Waals surface area contributed by atoms with E-state index in [1.807, 2.05) is 30.3 Å². The van der Waals surface area contributed by atoms with E-state index in [4.69, 9.17) is 4.42 Å². The summed E-state index contributed by atoms with van der Waals surface area (Å²) in [7, 11) is 0. The summed E-state index contributed by atoms with van der Waals surface area (Å²) in [6, 6.07) is 15.9. The molecule has 0 saturated carbocycles. The molecule has 0 spiro atoms. The summed E-state index contributed by atoms with van der Waals surface area (Å²) in [6.07, 6.45) is 4.25. The summed E-state index contributed by atoms with van der Waals surface area (Å²) in [5.74, 6) is -0.395. The molecule has 2 amide bonds. The molecule has 0 aliphatic heterocycles. The maximum atomic E-state index is 12.1. The van der Waals surface area contributed by atoms with Gasteiger partial charge >= 0.3 is 0 Å². The van der Waals surface area contributed by atoms with Gasteiger partial charge in [0.2, 0.25) is 0 Å². The van der Waals surface area contributed by atoms with E-state index in [0.29, 0.717) is 17.0 Å². The molecule has 0 radical (unpaired) electrons. The van der Waals surface area contributed by atoms with Crippen molar-refractivity contribution in [2.75, 3.05) is 0 Å². The van der Waals surface area contributed by atoms with Crippen LogP contribution in [0.25, 0.3) is 22.7 Å². The second-order valence-electron chi connectivity index (χ2n) is 5.76. The lowest BCUT2D eigenvalue weighted by Crippen LogP contribution is -2.40. The zero-order valence-corrected chi connectivity index (χ0v) is 14.4. The number of hydrogen-bond acceptors (Lipinski definition) is 6. The van der Waals surface area contributed by atoms with Crippen LogP contribution >= 0.6 is 0 Å². The van der Waals surface area contributed by atoms with Crippen molar-refractivity contribution >= 4 is 28.9 Å².